The number of benzene rings is 1. The minimum atomic E-state index is -0.839. The highest BCUT2D eigenvalue weighted by molar-refractivity contribution is 5.66. The largest absolute Gasteiger partial charge is 0.481 e. The van der Waals surface area contributed by atoms with Crippen molar-refractivity contribution < 1.29 is 14.3 Å². The highest BCUT2D eigenvalue weighted by Crippen LogP contribution is 2.11. The van der Waals surface area contributed by atoms with Gasteiger partial charge in [0.15, 0.2) is 0 Å². The second-order valence-electron chi connectivity index (χ2n) is 4.84. The summed E-state index contributed by atoms with van der Waals surface area (Å²) in [5.41, 5.74) is 1.88. The van der Waals surface area contributed by atoms with Crippen molar-refractivity contribution >= 4 is 5.97 Å². The maximum atomic E-state index is 13.2. The number of carboxylic acid groups (broad SMARTS) is 1. The number of rotatable bonds is 7. The predicted octanol–water partition coefficient (Wildman–Crippen LogP) is 2.70. The van der Waals surface area contributed by atoms with Gasteiger partial charge in [-0.1, -0.05) is 12.1 Å². The van der Waals surface area contributed by atoms with E-state index >= 15 is 0 Å². The molecule has 0 aliphatic heterocycles. The average molecular weight is 288 g/mol. The maximum Gasteiger partial charge on any atom is 0.304 e. The van der Waals surface area contributed by atoms with E-state index in [1.165, 1.54) is 12.1 Å². The third kappa shape index (κ3) is 5.31. The first-order valence-corrected chi connectivity index (χ1v) is 6.71. The summed E-state index contributed by atoms with van der Waals surface area (Å²) in [4.78, 5) is 16.7. The summed E-state index contributed by atoms with van der Waals surface area (Å²) >= 11 is 0. The molecule has 0 aliphatic rings. The summed E-state index contributed by atoms with van der Waals surface area (Å²) in [5, 5.41) is 8.84. The van der Waals surface area contributed by atoms with Crippen molar-refractivity contribution in [1.82, 2.24) is 9.88 Å². The first-order chi connectivity index (χ1) is 10.1. The zero-order valence-corrected chi connectivity index (χ0v) is 11.6. The molecule has 0 bridgehead atoms. The van der Waals surface area contributed by atoms with E-state index in [1.54, 1.807) is 18.5 Å². The molecular weight excluding hydrogens is 271 g/mol. The second-order valence-corrected chi connectivity index (χ2v) is 4.84. The highest BCUT2D eigenvalue weighted by Gasteiger charge is 2.10. The number of carbonyl (C=O) groups is 1. The molecule has 2 rings (SSSR count). The normalized spacial score (nSPS) is 10.8. The molecule has 0 spiro atoms. The Hall–Kier alpha value is -2.27. The van der Waals surface area contributed by atoms with Crippen LogP contribution in [0.1, 0.15) is 17.5 Å². The Kier molecular flexibility index (Phi) is 5.40. The molecule has 5 heteroatoms. The molecule has 0 fully saturated rings. The van der Waals surface area contributed by atoms with Crippen LogP contribution in [0.15, 0.2) is 48.8 Å². The van der Waals surface area contributed by atoms with E-state index in [4.69, 9.17) is 5.11 Å². The third-order valence-electron chi connectivity index (χ3n) is 3.09. The molecule has 110 valence electrons. The van der Waals surface area contributed by atoms with E-state index in [2.05, 4.69) is 4.98 Å². The predicted molar refractivity (Wildman–Crippen MR) is 77.0 cm³/mol. The Balaban J connectivity index is 2.06. The Morgan fingerprint density at radius 1 is 1.14 bits per heavy atom. The fourth-order valence-electron chi connectivity index (χ4n) is 2.11. The van der Waals surface area contributed by atoms with E-state index < -0.39 is 5.97 Å². The molecule has 1 aromatic carbocycles. The van der Waals surface area contributed by atoms with Gasteiger partial charge in [-0.3, -0.25) is 14.7 Å². The van der Waals surface area contributed by atoms with E-state index in [0.717, 1.165) is 11.1 Å². The summed E-state index contributed by atoms with van der Waals surface area (Å²) < 4.78 is 13.2. The standard InChI is InChI=1S/C16H17FN2O2/c17-15-3-1-2-14(10-15)12-19(9-6-16(20)21)11-13-4-7-18-8-5-13/h1-5,7-8,10H,6,9,11-12H2,(H,20,21). The van der Waals surface area contributed by atoms with Crippen LogP contribution < -0.4 is 0 Å². The molecule has 1 heterocycles. The summed E-state index contributed by atoms with van der Waals surface area (Å²) in [6.07, 6.45) is 3.46. The van der Waals surface area contributed by atoms with Gasteiger partial charge in [0.2, 0.25) is 0 Å². The van der Waals surface area contributed by atoms with Crippen molar-refractivity contribution in [3.8, 4) is 0 Å². The highest BCUT2D eigenvalue weighted by atomic mass is 19.1. The topological polar surface area (TPSA) is 53.4 Å². The van der Waals surface area contributed by atoms with Crippen LogP contribution in [-0.2, 0) is 17.9 Å². The Morgan fingerprint density at radius 3 is 2.52 bits per heavy atom. The zero-order chi connectivity index (χ0) is 15.1. The lowest BCUT2D eigenvalue weighted by molar-refractivity contribution is -0.137. The Labute approximate surface area is 122 Å². The van der Waals surface area contributed by atoms with Crippen molar-refractivity contribution in [3.63, 3.8) is 0 Å². The molecule has 0 radical (unpaired) electrons. The summed E-state index contributed by atoms with van der Waals surface area (Å²) in [7, 11) is 0. The number of aromatic nitrogens is 1. The average Bonchev–Trinajstić information content (AvgIpc) is 2.46. The molecule has 0 atom stereocenters. The molecule has 0 saturated carbocycles. The van der Waals surface area contributed by atoms with Gasteiger partial charge in [-0.05, 0) is 35.4 Å². The number of hydrogen-bond donors (Lipinski definition) is 1. The van der Waals surface area contributed by atoms with Crippen molar-refractivity contribution in [2.75, 3.05) is 6.54 Å². The molecule has 0 aliphatic carbocycles. The SMILES string of the molecule is O=C(O)CCN(Cc1ccncc1)Cc1cccc(F)c1. The first kappa shape index (κ1) is 15.1. The summed E-state index contributed by atoms with van der Waals surface area (Å²) in [6.45, 7) is 1.52. The summed E-state index contributed by atoms with van der Waals surface area (Å²) in [6, 6.07) is 10.1. The van der Waals surface area contributed by atoms with Gasteiger partial charge in [0, 0.05) is 32.0 Å². The van der Waals surface area contributed by atoms with E-state index in [1.807, 2.05) is 23.1 Å². The fraction of sp³-hybridized carbons (Fsp3) is 0.250. The van der Waals surface area contributed by atoms with Crippen LogP contribution in [0.3, 0.4) is 0 Å². The van der Waals surface area contributed by atoms with Crippen LogP contribution in [0.25, 0.3) is 0 Å². The number of nitrogens with zero attached hydrogens (tertiary/aromatic N) is 2. The van der Waals surface area contributed by atoms with Gasteiger partial charge in [-0.2, -0.15) is 0 Å². The van der Waals surface area contributed by atoms with Crippen LogP contribution in [0, 0.1) is 5.82 Å². The van der Waals surface area contributed by atoms with Crippen molar-refractivity contribution in [2.24, 2.45) is 0 Å². The van der Waals surface area contributed by atoms with Crippen molar-refractivity contribution in [3.05, 3.63) is 65.7 Å². The van der Waals surface area contributed by atoms with Crippen LogP contribution in [0.2, 0.25) is 0 Å². The molecule has 1 aromatic heterocycles. The zero-order valence-electron chi connectivity index (χ0n) is 11.6. The molecule has 1 N–H and O–H groups in total. The van der Waals surface area contributed by atoms with E-state index in [0.29, 0.717) is 19.6 Å². The minimum absolute atomic E-state index is 0.0560. The van der Waals surface area contributed by atoms with E-state index in [9.17, 15) is 9.18 Å². The van der Waals surface area contributed by atoms with Crippen molar-refractivity contribution in [2.45, 2.75) is 19.5 Å². The second kappa shape index (κ2) is 7.50. The lowest BCUT2D eigenvalue weighted by atomic mass is 10.1. The summed E-state index contributed by atoms with van der Waals surface area (Å²) in [5.74, 6) is -1.12. The molecule has 0 amide bonds. The van der Waals surface area contributed by atoms with Crippen LogP contribution in [-0.4, -0.2) is 27.5 Å². The third-order valence-corrected chi connectivity index (χ3v) is 3.09. The Bertz CT molecular complexity index is 590. The number of halogens is 1. The maximum absolute atomic E-state index is 13.2. The van der Waals surface area contributed by atoms with Gasteiger partial charge in [0.1, 0.15) is 5.82 Å². The molecule has 21 heavy (non-hydrogen) atoms. The molecular formula is C16H17FN2O2. The van der Waals surface area contributed by atoms with Gasteiger partial charge < -0.3 is 5.11 Å². The monoisotopic (exact) mass is 288 g/mol. The van der Waals surface area contributed by atoms with Crippen molar-refractivity contribution in [1.29, 1.82) is 0 Å². The number of hydrogen-bond acceptors (Lipinski definition) is 3. The number of carboxylic acids is 1. The van der Waals surface area contributed by atoms with Crippen LogP contribution in [0.4, 0.5) is 4.39 Å². The molecule has 0 saturated heterocycles. The lowest BCUT2D eigenvalue weighted by Gasteiger charge is -2.21. The first-order valence-electron chi connectivity index (χ1n) is 6.71. The lowest BCUT2D eigenvalue weighted by Crippen LogP contribution is -2.25. The van der Waals surface area contributed by atoms with Gasteiger partial charge in [0.25, 0.3) is 0 Å². The van der Waals surface area contributed by atoms with Gasteiger partial charge in [-0.15, -0.1) is 0 Å². The fourth-order valence-corrected chi connectivity index (χ4v) is 2.11. The minimum Gasteiger partial charge on any atom is -0.481 e. The van der Waals surface area contributed by atoms with Gasteiger partial charge in [-0.25, -0.2) is 4.39 Å². The van der Waals surface area contributed by atoms with E-state index in [-0.39, 0.29) is 12.2 Å². The molecule has 2 aromatic rings. The van der Waals surface area contributed by atoms with Crippen LogP contribution >= 0.6 is 0 Å². The quantitative estimate of drug-likeness (QED) is 0.851. The molecule has 4 nitrogen and oxygen atoms in total. The number of pyridine rings is 1. The van der Waals surface area contributed by atoms with Gasteiger partial charge >= 0.3 is 5.97 Å². The van der Waals surface area contributed by atoms with Crippen LogP contribution in [0.5, 0.6) is 0 Å². The molecule has 0 unspecified atom stereocenters. The smallest absolute Gasteiger partial charge is 0.304 e. The van der Waals surface area contributed by atoms with Gasteiger partial charge in [0.05, 0.1) is 6.42 Å². The number of aliphatic carboxylic acids is 1. The Morgan fingerprint density at radius 2 is 1.86 bits per heavy atom.